The third kappa shape index (κ3) is 3.26. The Balaban J connectivity index is 2.36. The van der Waals surface area contributed by atoms with Crippen molar-refractivity contribution in [2.75, 3.05) is 10.5 Å². The summed E-state index contributed by atoms with van der Waals surface area (Å²) < 4.78 is 39.4. The van der Waals surface area contributed by atoms with Crippen LogP contribution in [0.25, 0.3) is 0 Å². The molecule has 0 radical (unpaired) electrons. The van der Waals surface area contributed by atoms with Crippen molar-refractivity contribution < 1.29 is 17.7 Å². The first-order chi connectivity index (χ1) is 9.79. The van der Waals surface area contributed by atoms with Crippen LogP contribution in [0.3, 0.4) is 0 Å². The second-order valence-corrected chi connectivity index (χ2v) is 5.78. The fourth-order valence-corrected chi connectivity index (χ4v) is 2.67. The minimum atomic E-state index is -4.03. The number of hydrogen-bond acceptors (Lipinski definition) is 5. The highest BCUT2D eigenvalue weighted by molar-refractivity contribution is 7.92. The molecule has 3 N–H and O–H groups in total. The molecule has 0 fully saturated rings. The zero-order valence-corrected chi connectivity index (χ0v) is 11.3. The second kappa shape index (κ2) is 5.37. The van der Waals surface area contributed by atoms with E-state index in [2.05, 4.69) is 4.72 Å². The van der Waals surface area contributed by atoms with E-state index in [-0.39, 0.29) is 22.0 Å². The van der Waals surface area contributed by atoms with Gasteiger partial charge in [0, 0.05) is 12.1 Å². The van der Waals surface area contributed by atoms with Crippen molar-refractivity contribution in [3.63, 3.8) is 0 Å². The molecule has 0 aliphatic heterocycles. The van der Waals surface area contributed by atoms with Gasteiger partial charge >= 0.3 is 0 Å². The molecule has 0 saturated carbocycles. The van der Waals surface area contributed by atoms with Gasteiger partial charge in [-0.05, 0) is 24.3 Å². The maximum atomic E-state index is 13.0. The van der Waals surface area contributed by atoms with E-state index >= 15 is 0 Å². The van der Waals surface area contributed by atoms with Crippen LogP contribution < -0.4 is 10.5 Å². The summed E-state index contributed by atoms with van der Waals surface area (Å²) in [4.78, 5) is 9.68. The first-order valence-corrected chi connectivity index (χ1v) is 7.10. The molecule has 7 nitrogen and oxygen atoms in total. The van der Waals surface area contributed by atoms with Crippen LogP contribution in [-0.2, 0) is 10.0 Å². The van der Waals surface area contributed by atoms with Crippen molar-refractivity contribution >= 4 is 27.1 Å². The molecule has 0 bridgehead atoms. The van der Waals surface area contributed by atoms with Gasteiger partial charge < -0.3 is 5.73 Å². The molecule has 0 saturated heterocycles. The summed E-state index contributed by atoms with van der Waals surface area (Å²) in [5, 5.41) is 10.7. The van der Waals surface area contributed by atoms with Crippen molar-refractivity contribution in [2.24, 2.45) is 0 Å². The maximum Gasteiger partial charge on any atom is 0.270 e. The van der Waals surface area contributed by atoms with Crippen molar-refractivity contribution in [3.8, 4) is 0 Å². The number of nitrogens with zero attached hydrogens (tertiary/aromatic N) is 1. The van der Waals surface area contributed by atoms with Crippen LogP contribution in [0.1, 0.15) is 0 Å². The van der Waals surface area contributed by atoms with E-state index < -0.39 is 20.8 Å². The molecule has 0 spiro atoms. The van der Waals surface area contributed by atoms with Gasteiger partial charge in [0.15, 0.2) is 0 Å². The zero-order chi connectivity index (χ0) is 15.6. The van der Waals surface area contributed by atoms with Crippen molar-refractivity contribution in [2.45, 2.75) is 4.90 Å². The average Bonchev–Trinajstić information content (AvgIpc) is 2.43. The Hall–Kier alpha value is -2.68. The number of sulfonamides is 1. The molecule has 0 aliphatic carbocycles. The van der Waals surface area contributed by atoms with E-state index in [0.717, 1.165) is 18.2 Å². The largest absolute Gasteiger partial charge is 0.396 e. The molecule has 0 unspecified atom stereocenters. The van der Waals surface area contributed by atoms with Crippen LogP contribution >= 0.6 is 0 Å². The summed E-state index contributed by atoms with van der Waals surface area (Å²) in [6.45, 7) is 0. The van der Waals surface area contributed by atoms with Crippen LogP contribution in [0.2, 0.25) is 0 Å². The van der Waals surface area contributed by atoms with Crippen LogP contribution in [0.4, 0.5) is 21.5 Å². The van der Waals surface area contributed by atoms with Crippen LogP contribution in [0.15, 0.2) is 47.4 Å². The predicted molar refractivity (Wildman–Crippen MR) is 74.7 cm³/mol. The molecule has 0 heterocycles. The van der Waals surface area contributed by atoms with Crippen LogP contribution in [-0.4, -0.2) is 13.3 Å². The van der Waals surface area contributed by atoms with Crippen LogP contribution in [0, 0.1) is 15.9 Å². The molecule has 0 aliphatic rings. The monoisotopic (exact) mass is 311 g/mol. The molecule has 2 aromatic rings. The molecule has 2 rings (SSSR count). The number of nitrogens with two attached hydrogens (primary N) is 1. The number of hydrogen-bond donors (Lipinski definition) is 2. The third-order valence-corrected chi connectivity index (χ3v) is 3.97. The fourth-order valence-electron chi connectivity index (χ4n) is 1.59. The van der Waals surface area contributed by atoms with Crippen molar-refractivity contribution in [1.82, 2.24) is 0 Å². The van der Waals surface area contributed by atoms with Gasteiger partial charge in [-0.3, -0.25) is 14.8 Å². The number of benzene rings is 2. The van der Waals surface area contributed by atoms with Crippen molar-refractivity contribution in [3.05, 3.63) is 58.4 Å². The highest BCUT2D eigenvalue weighted by Crippen LogP contribution is 2.22. The van der Waals surface area contributed by atoms with Gasteiger partial charge in [-0.2, -0.15) is 0 Å². The van der Waals surface area contributed by atoms with Gasteiger partial charge in [-0.25, -0.2) is 12.8 Å². The minimum absolute atomic E-state index is 0.0559. The lowest BCUT2D eigenvalue weighted by atomic mass is 10.3. The summed E-state index contributed by atoms with van der Waals surface area (Å²) in [7, 11) is -4.03. The van der Waals surface area contributed by atoms with E-state index in [1.54, 1.807) is 0 Å². The molecular formula is C12H10FN3O4S. The topological polar surface area (TPSA) is 115 Å². The fraction of sp³-hybridized carbons (Fsp3) is 0. The minimum Gasteiger partial charge on any atom is -0.396 e. The second-order valence-electron chi connectivity index (χ2n) is 4.10. The average molecular weight is 311 g/mol. The van der Waals surface area contributed by atoms with Gasteiger partial charge in [-0.15, -0.1) is 0 Å². The summed E-state index contributed by atoms with van der Waals surface area (Å²) in [6, 6.07) is 7.89. The molecule has 0 atom stereocenters. The number of non-ortho nitro benzene ring substituents is 1. The summed E-state index contributed by atoms with van der Waals surface area (Å²) >= 11 is 0. The predicted octanol–water partition coefficient (Wildman–Crippen LogP) is 2.12. The van der Waals surface area contributed by atoms with E-state index in [0.29, 0.717) is 0 Å². The molecule has 2 aromatic carbocycles. The van der Waals surface area contributed by atoms with E-state index in [9.17, 15) is 22.9 Å². The van der Waals surface area contributed by atoms with E-state index in [4.69, 9.17) is 5.73 Å². The number of anilines is 2. The van der Waals surface area contributed by atoms with Gasteiger partial charge in [0.1, 0.15) is 5.82 Å². The molecule has 0 amide bonds. The number of halogens is 1. The number of nitro benzene ring substituents is 1. The Kier molecular flexibility index (Phi) is 3.76. The quantitative estimate of drug-likeness (QED) is 0.510. The molecular weight excluding hydrogens is 301 g/mol. The van der Waals surface area contributed by atoms with Gasteiger partial charge in [-0.1, -0.05) is 6.07 Å². The Bertz CT molecular complexity index is 808. The first-order valence-electron chi connectivity index (χ1n) is 5.62. The molecule has 9 heteroatoms. The van der Waals surface area contributed by atoms with Gasteiger partial charge in [0.25, 0.3) is 15.7 Å². The summed E-state index contributed by atoms with van der Waals surface area (Å²) in [6.07, 6.45) is 0. The lowest BCUT2D eigenvalue weighted by molar-refractivity contribution is -0.385. The Labute approximate surface area is 119 Å². The van der Waals surface area contributed by atoms with E-state index in [1.165, 1.54) is 24.3 Å². The van der Waals surface area contributed by atoms with Gasteiger partial charge in [0.2, 0.25) is 0 Å². The lowest BCUT2D eigenvalue weighted by Crippen LogP contribution is -2.13. The van der Waals surface area contributed by atoms with E-state index in [1.807, 2.05) is 0 Å². The van der Waals surface area contributed by atoms with Gasteiger partial charge in [0.05, 0.1) is 21.2 Å². The SMILES string of the molecule is Nc1cc(NS(=O)(=O)c2cccc([N+](=O)[O-])c2)ccc1F. The highest BCUT2D eigenvalue weighted by Gasteiger charge is 2.18. The summed E-state index contributed by atoms with van der Waals surface area (Å²) in [5.74, 6) is -0.673. The van der Waals surface area contributed by atoms with Crippen LogP contribution in [0.5, 0.6) is 0 Å². The Morgan fingerprint density at radius 1 is 1.19 bits per heavy atom. The zero-order valence-electron chi connectivity index (χ0n) is 10.5. The number of nitrogens with one attached hydrogen (secondary N) is 1. The molecule has 21 heavy (non-hydrogen) atoms. The Morgan fingerprint density at radius 2 is 1.90 bits per heavy atom. The molecule has 110 valence electrons. The summed E-state index contributed by atoms with van der Waals surface area (Å²) in [5.41, 5.74) is 4.83. The first kappa shape index (κ1) is 14.7. The Morgan fingerprint density at radius 3 is 2.52 bits per heavy atom. The normalized spacial score (nSPS) is 11.1. The lowest BCUT2D eigenvalue weighted by Gasteiger charge is -2.08. The number of rotatable bonds is 4. The maximum absolute atomic E-state index is 13.0. The standard InChI is InChI=1S/C12H10FN3O4S/c13-11-5-4-8(6-12(11)14)15-21(19,20)10-3-1-2-9(7-10)16(17)18/h1-7,15H,14H2. The third-order valence-electron chi connectivity index (χ3n) is 2.59. The highest BCUT2D eigenvalue weighted by atomic mass is 32.2. The van der Waals surface area contributed by atoms with Crippen molar-refractivity contribution in [1.29, 1.82) is 0 Å². The smallest absolute Gasteiger partial charge is 0.270 e. The number of nitro groups is 1. The number of nitrogen functional groups attached to an aromatic ring is 1. The molecule has 0 aromatic heterocycles.